The van der Waals surface area contributed by atoms with Crippen LogP contribution in [0, 0.1) is 6.92 Å². The number of rotatable bonds is 4. The van der Waals surface area contributed by atoms with Crippen LogP contribution in [-0.2, 0) is 4.74 Å². The van der Waals surface area contributed by atoms with E-state index in [4.69, 9.17) is 4.74 Å². The number of aryl methyl sites for hydroxylation is 1. The second-order valence-corrected chi connectivity index (χ2v) is 6.33. The van der Waals surface area contributed by atoms with E-state index in [1.807, 2.05) is 23.6 Å². The van der Waals surface area contributed by atoms with Crippen molar-refractivity contribution in [3.63, 3.8) is 0 Å². The first-order valence-corrected chi connectivity index (χ1v) is 8.55. The highest BCUT2D eigenvalue weighted by atomic mass is 16.5. The molecule has 1 aliphatic rings. The molecule has 0 radical (unpaired) electrons. The molecule has 8 nitrogen and oxygen atoms in total. The van der Waals surface area contributed by atoms with Crippen molar-refractivity contribution in [2.24, 2.45) is 0 Å². The van der Waals surface area contributed by atoms with Crippen LogP contribution in [-0.4, -0.2) is 50.6 Å². The molecule has 4 heterocycles. The zero-order chi connectivity index (χ0) is 17.9. The summed E-state index contributed by atoms with van der Waals surface area (Å²) in [5.74, 6) is 0.596. The first-order valence-electron chi connectivity index (χ1n) is 8.55. The summed E-state index contributed by atoms with van der Waals surface area (Å²) in [7, 11) is 0. The van der Waals surface area contributed by atoms with Gasteiger partial charge >= 0.3 is 0 Å². The number of imidazole rings is 1. The summed E-state index contributed by atoms with van der Waals surface area (Å²) in [6.45, 7) is 3.10. The van der Waals surface area contributed by atoms with Gasteiger partial charge in [-0.25, -0.2) is 15.0 Å². The summed E-state index contributed by atoms with van der Waals surface area (Å²) < 4.78 is 7.51. The fourth-order valence-corrected chi connectivity index (χ4v) is 3.12. The molecule has 0 bridgehead atoms. The fraction of sp³-hybridized carbons (Fsp3) is 0.333. The number of hydrogen-bond donors (Lipinski definition) is 2. The van der Waals surface area contributed by atoms with Gasteiger partial charge < -0.3 is 19.8 Å². The molecule has 0 aromatic carbocycles. The van der Waals surface area contributed by atoms with E-state index in [0.29, 0.717) is 24.6 Å². The van der Waals surface area contributed by atoms with E-state index in [0.717, 1.165) is 17.8 Å². The number of fused-ring (bicyclic) bond motifs is 1. The predicted octanol–water partition coefficient (Wildman–Crippen LogP) is 1.43. The minimum absolute atomic E-state index is 0.0519. The predicted molar refractivity (Wildman–Crippen MR) is 96.1 cm³/mol. The van der Waals surface area contributed by atoms with Crippen molar-refractivity contribution in [1.29, 1.82) is 0 Å². The molecule has 0 spiro atoms. The Morgan fingerprint density at radius 2 is 2.23 bits per heavy atom. The van der Waals surface area contributed by atoms with E-state index in [-0.39, 0.29) is 18.0 Å². The molecule has 8 heteroatoms. The van der Waals surface area contributed by atoms with Gasteiger partial charge in [0.2, 0.25) is 0 Å². The summed E-state index contributed by atoms with van der Waals surface area (Å²) >= 11 is 0. The lowest BCUT2D eigenvalue weighted by Crippen LogP contribution is -2.52. The molecule has 0 aliphatic carbocycles. The van der Waals surface area contributed by atoms with Crippen LogP contribution in [0.2, 0.25) is 0 Å². The van der Waals surface area contributed by atoms with Gasteiger partial charge in [0, 0.05) is 36.5 Å². The van der Waals surface area contributed by atoms with Crippen LogP contribution < -0.4 is 10.6 Å². The fourth-order valence-electron chi connectivity index (χ4n) is 3.12. The van der Waals surface area contributed by atoms with Gasteiger partial charge in [-0.2, -0.15) is 0 Å². The SMILES string of the molecule is Cc1cnc2cc(C(=O)N[C@H]3CCOC[C@H]3Nc3ccncn3)ccn12. The van der Waals surface area contributed by atoms with Gasteiger partial charge in [0.25, 0.3) is 5.91 Å². The number of pyridine rings is 1. The van der Waals surface area contributed by atoms with Crippen LogP contribution in [0.3, 0.4) is 0 Å². The maximum absolute atomic E-state index is 12.7. The number of carbonyl (C=O) groups excluding carboxylic acids is 1. The summed E-state index contributed by atoms with van der Waals surface area (Å²) in [4.78, 5) is 25.1. The van der Waals surface area contributed by atoms with Gasteiger partial charge in [-0.1, -0.05) is 0 Å². The largest absolute Gasteiger partial charge is 0.379 e. The van der Waals surface area contributed by atoms with Gasteiger partial charge in [-0.05, 0) is 31.5 Å². The van der Waals surface area contributed by atoms with Crippen molar-refractivity contribution < 1.29 is 9.53 Å². The van der Waals surface area contributed by atoms with Gasteiger partial charge in [0.05, 0.1) is 18.7 Å². The quantitative estimate of drug-likeness (QED) is 0.738. The monoisotopic (exact) mass is 352 g/mol. The van der Waals surface area contributed by atoms with Gasteiger partial charge in [0.15, 0.2) is 0 Å². The first-order chi connectivity index (χ1) is 12.7. The van der Waals surface area contributed by atoms with Crippen LogP contribution in [0.15, 0.2) is 43.1 Å². The Bertz CT molecular complexity index is 910. The molecule has 1 saturated heterocycles. The Kier molecular flexibility index (Phi) is 4.49. The van der Waals surface area contributed by atoms with Crippen LogP contribution in [0.1, 0.15) is 22.5 Å². The summed E-state index contributed by atoms with van der Waals surface area (Å²) in [6, 6.07) is 5.30. The molecule has 4 rings (SSSR count). The maximum atomic E-state index is 12.7. The molecule has 1 fully saturated rings. The van der Waals surface area contributed by atoms with Crippen molar-refractivity contribution >= 4 is 17.4 Å². The number of aromatic nitrogens is 4. The van der Waals surface area contributed by atoms with E-state index in [2.05, 4.69) is 25.6 Å². The molecule has 3 aromatic heterocycles. The van der Waals surface area contributed by atoms with E-state index < -0.39 is 0 Å². The Labute approximate surface area is 150 Å². The van der Waals surface area contributed by atoms with E-state index in [1.165, 1.54) is 6.33 Å². The van der Waals surface area contributed by atoms with E-state index >= 15 is 0 Å². The van der Waals surface area contributed by atoms with Crippen molar-refractivity contribution in [3.8, 4) is 0 Å². The Hall–Kier alpha value is -3.00. The Morgan fingerprint density at radius 1 is 1.31 bits per heavy atom. The highest BCUT2D eigenvalue weighted by Crippen LogP contribution is 2.15. The van der Waals surface area contributed by atoms with Crippen molar-refractivity contribution in [1.82, 2.24) is 24.7 Å². The van der Waals surface area contributed by atoms with Crippen molar-refractivity contribution in [3.05, 3.63) is 54.4 Å². The lowest BCUT2D eigenvalue weighted by Gasteiger charge is -2.33. The number of anilines is 1. The third kappa shape index (κ3) is 3.36. The smallest absolute Gasteiger partial charge is 0.251 e. The second kappa shape index (κ2) is 7.09. The van der Waals surface area contributed by atoms with Gasteiger partial charge in [0.1, 0.15) is 17.8 Å². The minimum atomic E-state index is -0.116. The van der Waals surface area contributed by atoms with Crippen molar-refractivity contribution in [2.45, 2.75) is 25.4 Å². The molecule has 2 N–H and O–H groups in total. The highest BCUT2D eigenvalue weighted by Gasteiger charge is 2.28. The number of amides is 1. The molecule has 1 amide bonds. The number of nitrogens with zero attached hydrogens (tertiary/aromatic N) is 4. The number of carbonyl (C=O) groups is 1. The van der Waals surface area contributed by atoms with Crippen molar-refractivity contribution in [2.75, 3.05) is 18.5 Å². The van der Waals surface area contributed by atoms with Crippen LogP contribution in [0.4, 0.5) is 5.82 Å². The highest BCUT2D eigenvalue weighted by molar-refractivity contribution is 5.95. The number of nitrogens with one attached hydrogen (secondary N) is 2. The lowest BCUT2D eigenvalue weighted by molar-refractivity contribution is 0.0620. The van der Waals surface area contributed by atoms with Crippen LogP contribution in [0.25, 0.3) is 5.65 Å². The van der Waals surface area contributed by atoms with Crippen LogP contribution in [0.5, 0.6) is 0 Å². The number of ether oxygens (including phenoxy) is 1. The molecule has 0 unspecified atom stereocenters. The third-order valence-corrected chi connectivity index (χ3v) is 4.55. The summed E-state index contributed by atoms with van der Waals surface area (Å²) in [5.41, 5.74) is 2.39. The maximum Gasteiger partial charge on any atom is 0.251 e. The molecular weight excluding hydrogens is 332 g/mol. The van der Waals surface area contributed by atoms with E-state index in [1.54, 1.807) is 24.5 Å². The Morgan fingerprint density at radius 3 is 3.08 bits per heavy atom. The first kappa shape index (κ1) is 16.5. The minimum Gasteiger partial charge on any atom is -0.379 e. The Balaban J connectivity index is 1.48. The molecule has 2 atom stereocenters. The molecule has 26 heavy (non-hydrogen) atoms. The number of hydrogen-bond acceptors (Lipinski definition) is 6. The van der Waals surface area contributed by atoms with E-state index in [9.17, 15) is 4.79 Å². The standard InChI is InChI=1S/C18H20N6O2/c1-12-9-20-17-8-13(3-6-24(12)17)18(25)23-14-4-7-26-10-15(14)22-16-2-5-19-11-21-16/h2-3,5-6,8-9,11,14-15H,4,7,10H2,1H3,(H,23,25)(H,19,21,22)/t14-,15+/m0/s1. The molecule has 3 aromatic rings. The van der Waals surface area contributed by atoms with Gasteiger partial charge in [-0.3, -0.25) is 4.79 Å². The van der Waals surface area contributed by atoms with Crippen LogP contribution >= 0.6 is 0 Å². The zero-order valence-corrected chi connectivity index (χ0v) is 14.4. The average molecular weight is 352 g/mol. The molecule has 0 saturated carbocycles. The normalized spacial score (nSPS) is 20.0. The third-order valence-electron chi connectivity index (χ3n) is 4.55. The summed E-state index contributed by atoms with van der Waals surface area (Å²) in [6.07, 6.45) is 7.55. The second-order valence-electron chi connectivity index (χ2n) is 6.33. The summed E-state index contributed by atoms with van der Waals surface area (Å²) in [5, 5.41) is 6.43. The molecule has 1 aliphatic heterocycles. The average Bonchev–Trinajstić information content (AvgIpc) is 3.04. The zero-order valence-electron chi connectivity index (χ0n) is 14.4. The molecule has 134 valence electrons. The van der Waals surface area contributed by atoms with Gasteiger partial charge in [-0.15, -0.1) is 0 Å². The topological polar surface area (TPSA) is 93.4 Å². The lowest BCUT2D eigenvalue weighted by atomic mass is 10.0. The molecular formula is C18H20N6O2.